The summed E-state index contributed by atoms with van der Waals surface area (Å²) in [5, 5.41) is 14.2. The van der Waals surface area contributed by atoms with E-state index in [0.29, 0.717) is 0 Å². The number of amides is 2. The third-order valence-electron chi connectivity index (χ3n) is 2.14. The van der Waals surface area contributed by atoms with Crippen molar-refractivity contribution in [3.05, 3.63) is 0 Å². The summed E-state index contributed by atoms with van der Waals surface area (Å²) in [7, 11) is 0. The lowest BCUT2D eigenvalue weighted by molar-refractivity contribution is -0.128. The van der Waals surface area contributed by atoms with E-state index >= 15 is 0 Å². The SMILES string of the molecule is CC(=O)NC(C)C(=O)NC(CO)C(C)C. The molecule has 5 nitrogen and oxygen atoms in total. The number of hydrogen-bond acceptors (Lipinski definition) is 3. The molecule has 0 aromatic rings. The number of aliphatic hydroxyl groups excluding tert-OH is 1. The van der Waals surface area contributed by atoms with Gasteiger partial charge in [0.1, 0.15) is 6.04 Å². The fourth-order valence-electron chi connectivity index (χ4n) is 1.10. The van der Waals surface area contributed by atoms with E-state index in [4.69, 9.17) is 5.11 Å². The lowest BCUT2D eigenvalue weighted by Crippen LogP contribution is -2.50. The first kappa shape index (κ1) is 13.9. The van der Waals surface area contributed by atoms with Crippen LogP contribution in [0.1, 0.15) is 27.7 Å². The Morgan fingerprint density at radius 1 is 1.20 bits per heavy atom. The molecule has 3 N–H and O–H groups in total. The Bertz CT molecular complexity index is 229. The minimum Gasteiger partial charge on any atom is -0.394 e. The molecule has 0 aromatic carbocycles. The normalized spacial score (nSPS) is 14.5. The molecule has 0 radical (unpaired) electrons. The van der Waals surface area contributed by atoms with Crippen LogP contribution in [0.3, 0.4) is 0 Å². The Kier molecular flexibility index (Phi) is 5.93. The van der Waals surface area contributed by atoms with Crippen LogP contribution < -0.4 is 10.6 Å². The minimum atomic E-state index is -0.574. The molecule has 2 atom stereocenters. The summed E-state index contributed by atoms with van der Waals surface area (Å²) in [4.78, 5) is 22.2. The first-order chi connectivity index (χ1) is 6.88. The molecule has 2 amide bonds. The average molecular weight is 216 g/mol. The van der Waals surface area contributed by atoms with Crippen LogP contribution in [0.4, 0.5) is 0 Å². The monoisotopic (exact) mass is 216 g/mol. The zero-order chi connectivity index (χ0) is 12.0. The summed E-state index contributed by atoms with van der Waals surface area (Å²) in [5.74, 6) is -0.371. The second-order valence-electron chi connectivity index (χ2n) is 3.96. The van der Waals surface area contributed by atoms with Crippen molar-refractivity contribution in [2.24, 2.45) is 5.92 Å². The number of hydrogen-bond donors (Lipinski definition) is 3. The smallest absolute Gasteiger partial charge is 0.242 e. The van der Waals surface area contributed by atoms with E-state index in [1.165, 1.54) is 6.92 Å². The maximum absolute atomic E-state index is 11.5. The lowest BCUT2D eigenvalue weighted by Gasteiger charge is -2.22. The van der Waals surface area contributed by atoms with Crippen molar-refractivity contribution in [1.82, 2.24) is 10.6 Å². The Balaban J connectivity index is 4.15. The molecule has 0 fully saturated rings. The maximum atomic E-state index is 11.5. The maximum Gasteiger partial charge on any atom is 0.242 e. The minimum absolute atomic E-state index is 0.101. The predicted molar refractivity (Wildman–Crippen MR) is 57.1 cm³/mol. The first-order valence-corrected chi connectivity index (χ1v) is 5.06. The second kappa shape index (κ2) is 6.40. The van der Waals surface area contributed by atoms with Gasteiger partial charge in [-0.25, -0.2) is 0 Å². The summed E-state index contributed by atoms with van der Waals surface area (Å²) in [6, 6.07) is -0.844. The third-order valence-corrected chi connectivity index (χ3v) is 2.14. The number of carbonyl (C=O) groups excluding carboxylic acids is 2. The van der Waals surface area contributed by atoms with Crippen molar-refractivity contribution < 1.29 is 14.7 Å². The van der Waals surface area contributed by atoms with Crippen LogP contribution in [0.15, 0.2) is 0 Å². The van der Waals surface area contributed by atoms with Crippen LogP contribution in [0, 0.1) is 5.92 Å². The van der Waals surface area contributed by atoms with Gasteiger partial charge in [-0.15, -0.1) is 0 Å². The Morgan fingerprint density at radius 3 is 2.07 bits per heavy atom. The van der Waals surface area contributed by atoms with Gasteiger partial charge in [-0.1, -0.05) is 13.8 Å². The number of carbonyl (C=O) groups is 2. The molecule has 0 aliphatic heterocycles. The molecule has 0 aliphatic rings. The Morgan fingerprint density at radius 2 is 1.73 bits per heavy atom. The fourth-order valence-corrected chi connectivity index (χ4v) is 1.10. The molecule has 15 heavy (non-hydrogen) atoms. The molecule has 5 heteroatoms. The fraction of sp³-hybridized carbons (Fsp3) is 0.800. The van der Waals surface area contributed by atoms with Crippen LogP contribution in [0.5, 0.6) is 0 Å². The van der Waals surface area contributed by atoms with Gasteiger partial charge in [0.25, 0.3) is 0 Å². The topological polar surface area (TPSA) is 78.4 Å². The van der Waals surface area contributed by atoms with Gasteiger partial charge in [-0.05, 0) is 12.8 Å². The second-order valence-corrected chi connectivity index (χ2v) is 3.96. The zero-order valence-electron chi connectivity index (χ0n) is 9.70. The van der Waals surface area contributed by atoms with Crippen molar-refractivity contribution in [3.63, 3.8) is 0 Å². The van der Waals surface area contributed by atoms with E-state index in [1.54, 1.807) is 6.92 Å². The third kappa shape index (κ3) is 5.37. The molecule has 2 unspecified atom stereocenters. The summed E-state index contributed by atoms with van der Waals surface area (Å²) in [6.45, 7) is 6.67. The molecule has 0 bridgehead atoms. The lowest BCUT2D eigenvalue weighted by atomic mass is 10.1. The highest BCUT2D eigenvalue weighted by Gasteiger charge is 2.19. The molecule has 0 aromatic heterocycles. The quantitative estimate of drug-likeness (QED) is 0.587. The standard InChI is InChI=1S/C10H20N2O3/c1-6(2)9(5-13)12-10(15)7(3)11-8(4)14/h6-7,9,13H,5H2,1-4H3,(H,11,14)(H,12,15). The molecular formula is C10H20N2O3. The van der Waals surface area contributed by atoms with Gasteiger partial charge in [-0.3, -0.25) is 9.59 Å². The molecule has 0 spiro atoms. The van der Waals surface area contributed by atoms with E-state index in [-0.39, 0.29) is 30.4 Å². The van der Waals surface area contributed by atoms with Gasteiger partial charge >= 0.3 is 0 Å². The Labute approximate surface area is 90.2 Å². The van der Waals surface area contributed by atoms with E-state index in [1.807, 2.05) is 13.8 Å². The molecule has 0 saturated heterocycles. The summed E-state index contributed by atoms with van der Waals surface area (Å²) >= 11 is 0. The molecule has 88 valence electrons. The molecule has 0 heterocycles. The van der Waals surface area contributed by atoms with Crippen molar-refractivity contribution in [3.8, 4) is 0 Å². The molecular weight excluding hydrogens is 196 g/mol. The summed E-state index contributed by atoms with van der Waals surface area (Å²) in [5.41, 5.74) is 0. The van der Waals surface area contributed by atoms with Gasteiger partial charge in [0.2, 0.25) is 11.8 Å². The highest BCUT2D eigenvalue weighted by Crippen LogP contribution is 2.00. The van der Waals surface area contributed by atoms with Gasteiger partial charge < -0.3 is 15.7 Å². The first-order valence-electron chi connectivity index (χ1n) is 5.06. The number of aliphatic hydroxyl groups is 1. The van der Waals surface area contributed by atoms with E-state index in [9.17, 15) is 9.59 Å². The molecule has 0 rings (SSSR count). The summed E-state index contributed by atoms with van der Waals surface area (Å²) in [6.07, 6.45) is 0. The number of rotatable bonds is 5. The Hall–Kier alpha value is -1.10. The van der Waals surface area contributed by atoms with E-state index < -0.39 is 6.04 Å². The highest BCUT2D eigenvalue weighted by molar-refractivity contribution is 5.86. The van der Waals surface area contributed by atoms with Crippen molar-refractivity contribution in [1.29, 1.82) is 0 Å². The van der Waals surface area contributed by atoms with Crippen LogP contribution in [0.2, 0.25) is 0 Å². The summed E-state index contributed by atoms with van der Waals surface area (Å²) < 4.78 is 0. The van der Waals surface area contributed by atoms with Crippen LogP contribution >= 0.6 is 0 Å². The number of nitrogens with one attached hydrogen (secondary N) is 2. The van der Waals surface area contributed by atoms with Crippen molar-refractivity contribution in [2.45, 2.75) is 39.8 Å². The van der Waals surface area contributed by atoms with Crippen molar-refractivity contribution in [2.75, 3.05) is 6.61 Å². The van der Waals surface area contributed by atoms with Crippen LogP contribution in [0.25, 0.3) is 0 Å². The van der Waals surface area contributed by atoms with E-state index in [2.05, 4.69) is 10.6 Å². The van der Waals surface area contributed by atoms with Gasteiger partial charge in [0, 0.05) is 6.92 Å². The van der Waals surface area contributed by atoms with Gasteiger partial charge in [0.15, 0.2) is 0 Å². The zero-order valence-corrected chi connectivity index (χ0v) is 9.70. The van der Waals surface area contributed by atoms with Crippen molar-refractivity contribution >= 4 is 11.8 Å². The van der Waals surface area contributed by atoms with Crippen LogP contribution in [-0.4, -0.2) is 35.6 Å². The van der Waals surface area contributed by atoms with E-state index in [0.717, 1.165) is 0 Å². The molecule has 0 saturated carbocycles. The van der Waals surface area contributed by atoms with Gasteiger partial charge in [0.05, 0.1) is 12.6 Å². The predicted octanol–water partition coefficient (Wildman–Crippen LogP) is -0.356. The highest BCUT2D eigenvalue weighted by atomic mass is 16.3. The largest absolute Gasteiger partial charge is 0.394 e. The van der Waals surface area contributed by atoms with Gasteiger partial charge in [-0.2, -0.15) is 0 Å². The average Bonchev–Trinajstić information content (AvgIpc) is 2.11. The molecule has 0 aliphatic carbocycles. The van der Waals surface area contributed by atoms with Crippen LogP contribution in [-0.2, 0) is 9.59 Å².